The van der Waals surface area contributed by atoms with Crippen LogP contribution in [0.2, 0.25) is 0 Å². The molecule has 0 aliphatic rings. The zero-order chi connectivity index (χ0) is 9.68. The molecule has 0 heterocycles. The van der Waals surface area contributed by atoms with Gasteiger partial charge in [-0.05, 0) is 30.7 Å². The topological polar surface area (TPSA) is 26.3 Å². The Balaban J connectivity index is 3.00. The molecule has 0 fully saturated rings. The van der Waals surface area contributed by atoms with Crippen LogP contribution in [0.15, 0.2) is 28.0 Å². The Morgan fingerprint density at radius 2 is 2.08 bits per heavy atom. The molecular weight excluding hydrogens is 204 g/mol. The van der Waals surface area contributed by atoms with Gasteiger partial charge in [0.05, 0.1) is 4.90 Å². The molecule has 0 aromatic heterocycles. The van der Waals surface area contributed by atoms with E-state index in [1.807, 2.05) is 24.6 Å². The maximum absolute atomic E-state index is 10.0. The molecule has 1 rings (SSSR count). The largest absolute Gasteiger partial charge is 0.423 e. The van der Waals surface area contributed by atoms with Crippen LogP contribution in [-0.4, -0.2) is 19.0 Å². The Bertz CT molecular complexity index is 300. The summed E-state index contributed by atoms with van der Waals surface area (Å²) in [4.78, 5) is 12.1. The highest BCUT2D eigenvalue weighted by Gasteiger charge is 2.03. The monoisotopic (exact) mass is 213 g/mol. The van der Waals surface area contributed by atoms with Gasteiger partial charge in [0.25, 0.3) is 0 Å². The van der Waals surface area contributed by atoms with Crippen molar-refractivity contribution in [1.82, 2.24) is 0 Å². The lowest BCUT2D eigenvalue weighted by Gasteiger charge is -2.05. The fourth-order valence-electron chi connectivity index (χ4n) is 0.904. The van der Waals surface area contributed by atoms with Crippen molar-refractivity contribution in [3.05, 3.63) is 18.2 Å². The summed E-state index contributed by atoms with van der Waals surface area (Å²) in [5.41, 5.74) is 0. The van der Waals surface area contributed by atoms with Crippen LogP contribution >= 0.6 is 23.5 Å². The summed E-state index contributed by atoms with van der Waals surface area (Å²) in [7, 11) is 0. The predicted octanol–water partition coefficient (Wildman–Crippen LogP) is 2.58. The number of thioether (sulfide) groups is 2. The molecule has 1 aromatic carbocycles. The molecular formula is C9H9O2S2. The van der Waals surface area contributed by atoms with Gasteiger partial charge in [-0.15, -0.1) is 23.5 Å². The van der Waals surface area contributed by atoms with Crippen LogP contribution in [0.3, 0.4) is 0 Å². The smallest absolute Gasteiger partial charge is 0.417 e. The summed E-state index contributed by atoms with van der Waals surface area (Å²) in [5.74, 6) is 0.570. The van der Waals surface area contributed by atoms with Crippen molar-refractivity contribution in [2.75, 3.05) is 12.5 Å². The van der Waals surface area contributed by atoms with Gasteiger partial charge >= 0.3 is 6.47 Å². The molecule has 0 unspecified atom stereocenters. The van der Waals surface area contributed by atoms with E-state index >= 15 is 0 Å². The van der Waals surface area contributed by atoms with Crippen molar-refractivity contribution in [1.29, 1.82) is 0 Å². The van der Waals surface area contributed by atoms with Crippen LogP contribution in [-0.2, 0) is 4.79 Å². The van der Waals surface area contributed by atoms with Crippen LogP contribution in [0.1, 0.15) is 0 Å². The van der Waals surface area contributed by atoms with E-state index in [1.165, 1.54) is 6.47 Å². The highest BCUT2D eigenvalue weighted by atomic mass is 32.2. The normalized spacial score (nSPS) is 9.69. The lowest BCUT2D eigenvalue weighted by atomic mass is 10.3. The second kappa shape index (κ2) is 5.19. The van der Waals surface area contributed by atoms with Crippen LogP contribution in [0, 0.1) is 0 Å². The van der Waals surface area contributed by atoms with E-state index in [0.717, 1.165) is 9.79 Å². The SMILES string of the molecule is CSc1ccc(O[C]=O)c(SC)c1. The Hall–Kier alpha value is -0.610. The zero-order valence-electron chi connectivity index (χ0n) is 7.37. The molecule has 0 spiro atoms. The second-order valence-electron chi connectivity index (χ2n) is 2.20. The lowest BCUT2D eigenvalue weighted by Crippen LogP contribution is -1.90. The first-order chi connectivity index (χ1) is 6.31. The number of benzene rings is 1. The second-order valence-corrected chi connectivity index (χ2v) is 3.93. The van der Waals surface area contributed by atoms with E-state index in [-0.39, 0.29) is 0 Å². The van der Waals surface area contributed by atoms with Gasteiger partial charge < -0.3 is 4.74 Å². The summed E-state index contributed by atoms with van der Waals surface area (Å²) in [6.45, 7) is 1.43. The van der Waals surface area contributed by atoms with Crippen molar-refractivity contribution in [2.45, 2.75) is 9.79 Å². The standard InChI is InChI=1S/C9H9O2S2/c1-12-7-3-4-8(11-6-10)9(5-7)13-2/h3-5H,1-2H3. The van der Waals surface area contributed by atoms with E-state index < -0.39 is 0 Å². The van der Waals surface area contributed by atoms with Gasteiger partial charge in [-0.2, -0.15) is 0 Å². The third-order valence-electron chi connectivity index (χ3n) is 1.52. The van der Waals surface area contributed by atoms with Gasteiger partial charge in [-0.3, -0.25) is 0 Å². The first kappa shape index (κ1) is 10.5. The minimum absolute atomic E-state index is 0.570. The first-order valence-electron chi connectivity index (χ1n) is 3.58. The Labute approximate surface area is 86.0 Å². The van der Waals surface area contributed by atoms with Gasteiger partial charge in [0.1, 0.15) is 5.75 Å². The Morgan fingerprint density at radius 1 is 1.31 bits per heavy atom. The van der Waals surface area contributed by atoms with Crippen molar-refractivity contribution in [3.8, 4) is 5.75 Å². The molecule has 0 amide bonds. The van der Waals surface area contributed by atoms with Gasteiger partial charge in [0, 0.05) is 4.90 Å². The van der Waals surface area contributed by atoms with E-state index in [9.17, 15) is 4.79 Å². The fourth-order valence-corrected chi connectivity index (χ4v) is 1.97. The summed E-state index contributed by atoms with van der Waals surface area (Å²) in [6.07, 6.45) is 3.95. The maximum Gasteiger partial charge on any atom is 0.423 e. The van der Waals surface area contributed by atoms with Crippen molar-refractivity contribution in [2.24, 2.45) is 0 Å². The number of ether oxygens (including phenoxy) is 1. The van der Waals surface area contributed by atoms with Gasteiger partial charge in [0.2, 0.25) is 0 Å². The van der Waals surface area contributed by atoms with E-state index in [0.29, 0.717) is 5.75 Å². The Morgan fingerprint density at radius 3 is 2.62 bits per heavy atom. The molecule has 1 aromatic rings. The number of rotatable bonds is 4. The molecule has 0 saturated carbocycles. The average molecular weight is 213 g/mol. The van der Waals surface area contributed by atoms with Crippen LogP contribution in [0.25, 0.3) is 0 Å². The number of hydrogen-bond acceptors (Lipinski definition) is 4. The molecule has 13 heavy (non-hydrogen) atoms. The van der Waals surface area contributed by atoms with Crippen molar-refractivity contribution in [3.63, 3.8) is 0 Å². The summed E-state index contributed by atoms with van der Waals surface area (Å²) in [6, 6.07) is 5.68. The molecule has 1 radical (unpaired) electrons. The third kappa shape index (κ3) is 2.67. The molecule has 69 valence electrons. The molecule has 0 saturated heterocycles. The predicted molar refractivity (Wildman–Crippen MR) is 56.3 cm³/mol. The third-order valence-corrected chi connectivity index (χ3v) is 3.01. The van der Waals surface area contributed by atoms with Crippen molar-refractivity contribution < 1.29 is 9.53 Å². The molecule has 0 atom stereocenters. The van der Waals surface area contributed by atoms with E-state index in [1.54, 1.807) is 29.6 Å². The Kier molecular flexibility index (Phi) is 4.18. The highest BCUT2D eigenvalue weighted by Crippen LogP contribution is 2.31. The maximum atomic E-state index is 10.0. The van der Waals surface area contributed by atoms with Gasteiger partial charge in [-0.1, -0.05) is 0 Å². The first-order valence-corrected chi connectivity index (χ1v) is 6.02. The summed E-state index contributed by atoms with van der Waals surface area (Å²) >= 11 is 3.21. The molecule has 0 aliphatic heterocycles. The summed E-state index contributed by atoms with van der Waals surface area (Å²) < 4.78 is 4.69. The zero-order valence-corrected chi connectivity index (χ0v) is 9.00. The van der Waals surface area contributed by atoms with Gasteiger partial charge in [0.15, 0.2) is 0 Å². The minimum atomic E-state index is 0.570. The van der Waals surface area contributed by atoms with E-state index in [2.05, 4.69) is 0 Å². The van der Waals surface area contributed by atoms with Crippen molar-refractivity contribution >= 4 is 30.0 Å². The van der Waals surface area contributed by atoms with Crippen LogP contribution in [0.5, 0.6) is 5.75 Å². The number of carbonyl (C=O) groups excluding carboxylic acids is 1. The van der Waals surface area contributed by atoms with Crippen LogP contribution in [0.4, 0.5) is 0 Å². The summed E-state index contributed by atoms with van der Waals surface area (Å²) in [5, 5.41) is 0. The van der Waals surface area contributed by atoms with Gasteiger partial charge in [-0.25, -0.2) is 4.79 Å². The van der Waals surface area contributed by atoms with Crippen LogP contribution < -0.4 is 4.74 Å². The number of hydrogen-bond donors (Lipinski definition) is 0. The molecule has 0 bridgehead atoms. The minimum Gasteiger partial charge on any atom is -0.417 e. The fraction of sp³-hybridized carbons (Fsp3) is 0.222. The lowest BCUT2D eigenvalue weighted by molar-refractivity contribution is 0.437. The molecule has 0 aliphatic carbocycles. The quantitative estimate of drug-likeness (QED) is 0.718. The van der Waals surface area contributed by atoms with E-state index in [4.69, 9.17) is 4.74 Å². The highest BCUT2D eigenvalue weighted by molar-refractivity contribution is 7.99. The molecule has 2 nitrogen and oxygen atoms in total. The molecule has 4 heteroatoms. The average Bonchev–Trinajstić information content (AvgIpc) is 2.19. The molecule has 0 N–H and O–H groups in total.